The SMILES string of the molecule is C1=C(C2=CSc3ccccc3-c3ccccc32)Oc2ccccc2-c2ccccc21. The van der Waals surface area contributed by atoms with Gasteiger partial charge in [0.2, 0.25) is 0 Å². The van der Waals surface area contributed by atoms with E-state index in [-0.39, 0.29) is 0 Å². The first-order valence-corrected chi connectivity index (χ1v) is 10.9. The van der Waals surface area contributed by atoms with Gasteiger partial charge >= 0.3 is 0 Å². The lowest BCUT2D eigenvalue weighted by Crippen LogP contribution is -1.99. The van der Waals surface area contributed by atoms with Crippen LogP contribution in [0.3, 0.4) is 0 Å². The molecule has 0 fully saturated rings. The highest BCUT2D eigenvalue weighted by Crippen LogP contribution is 2.46. The minimum absolute atomic E-state index is 0.875. The smallest absolute Gasteiger partial charge is 0.136 e. The number of para-hydroxylation sites is 1. The number of benzene rings is 4. The van der Waals surface area contributed by atoms with Crippen molar-refractivity contribution in [2.45, 2.75) is 4.90 Å². The normalized spacial score (nSPS) is 13.9. The standard InChI is InChI=1S/C28H18OS/c1-2-10-20-19(9-1)17-27(29-26-15-7-5-13-23(20)26)25-18-30-28-16-8-6-14-24(28)21-11-3-4-12-22(21)25/h1-18H. The predicted molar refractivity (Wildman–Crippen MR) is 126 cm³/mol. The van der Waals surface area contributed by atoms with Crippen LogP contribution in [0.15, 0.2) is 113 Å². The molecule has 0 saturated heterocycles. The highest BCUT2D eigenvalue weighted by atomic mass is 32.2. The number of allylic oxidation sites excluding steroid dienone is 1. The Morgan fingerprint density at radius 1 is 0.533 bits per heavy atom. The lowest BCUT2D eigenvalue weighted by Gasteiger charge is -2.16. The van der Waals surface area contributed by atoms with Crippen LogP contribution in [0.4, 0.5) is 0 Å². The Kier molecular flexibility index (Phi) is 4.10. The Morgan fingerprint density at radius 3 is 2.03 bits per heavy atom. The molecule has 6 rings (SSSR count). The molecule has 142 valence electrons. The topological polar surface area (TPSA) is 9.23 Å². The van der Waals surface area contributed by atoms with Gasteiger partial charge < -0.3 is 4.74 Å². The minimum atomic E-state index is 0.875. The van der Waals surface area contributed by atoms with Gasteiger partial charge in [0.15, 0.2) is 0 Å². The molecule has 2 aliphatic rings. The summed E-state index contributed by atoms with van der Waals surface area (Å²) in [5, 5.41) is 2.23. The Morgan fingerprint density at radius 2 is 1.17 bits per heavy atom. The fraction of sp³-hybridized carbons (Fsp3) is 0. The maximum atomic E-state index is 6.57. The van der Waals surface area contributed by atoms with E-state index >= 15 is 0 Å². The van der Waals surface area contributed by atoms with Crippen molar-refractivity contribution in [1.29, 1.82) is 0 Å². The van der Waals surface area contributed by atoms with Crippen molar-refractivity contribution >= 4 is 23.4 Å². The van der Waals surface area contributed by atoms with Crippen LogP contribution < -0.4 is 4.74 Å². The summed E-state index contributed by atoms with van der Waals surface area (Å²) in [5.74, 6) is 1.76. The van der Waals surface area contributed by atoms with Crippen LogP contribution in [0.2, 0.25) is 0 Å². The highest BCUT2D eigenvalue weighted by Gasteiger charge is 2.23. The fourth-order valence-electron chi connectivity index (χ4n) is 4.19. The van der Waals surface area contributed by atoms with Gasteiger partial charge in [0, 0.05) is 16.0 Å². The highest BCUT2D eigenvalue weighted by molar-refractivity contribution is 8.02. The fourth-order valence-corrected chi connectivity index (χ4v) is 5.14. The summed E-state index contributed by atoms with van der Waals surface area (Å²) in [6.07, 6.45) is 2.18. The molecule has 0 spiro atoms. The number of ether oxygens (including phenoxy) is 1. The number of rotatable bonds is 1. The summed E-state index contributed by atoms with van der Waals surface area (Å²) in [6, 6.07) is 34.0. The van der Waals surface area contributed by atoms with Gasteiger partial charge in [-0.1, -0.05) is 96.7 Å². The van der Waals surface area contributed by atoms with Crippen LogP contribution >= 0.6 is 11.8 Å². The molecule has 0 amide bonds. The minimum Gasteiger partial charge on any atom is -0.456 e. The van der Waals surface area contributed by atoms with Crippen LogP contribution in [0.1, 0.15) is 11.1 Å². The zero-order chi connectivity index (χ0) is 19.9. The molecule has 2 heterocycles. The number of hydrogen-bond acceptors (Lipinski definition) is 2. The van der Waals surface area contributed by atoms with Crippen LogP contribution in [0.25, 0.3) is 33.9 Å². The molecule has 0 radical (unpaired) electrons. The Hall–Kier alpha value is -3.49. The van der Waals surface area contributed by atoms with Crippen molar-refractivity contribution < 1.29 is 4.74 Å². The Labute approximate surface area is 180 Å². The molecular weight excluding hydrogens is 384 g/mol. The average molecular weight is 403 g/mol. The lowest BCUT2D eigenvalue weighted by atomic mass is 9.93. The van der Waals surface area contributed by atoms with E-state index in [4.69, 9.17) is 4.74 Å². The van der Waals surface area contributed by atoms with Crippen molar-refractivity contribution in [3.8, 4) is 28.0 Å². The van der Waals surface area contributed by atoms with Gasteiger partial charge in [-0.25, -0.2) is 0 Å². The second-order valence-electron chi connectivity index (χ2n) is 7.39. The van der Waals surface area contributed by atoms with Gasteiger partial charge in [0.1, 0.15) is 11.5 Å². The maximum absolute atomic E-state index is 6.57. The largest absolute Gasteiger partial charge is 0.456 e. The average Bonchev–Trinajstić information content (AvgIpc) is 3.07. The Bertz CT molecular complexity index is 1350. The summed E-state index contributed by atoms with van der Waals surface area (Å²) in [7, 11) is 0. The van der Waals surface area contributed by atoms with E-state index in [1.807, 2.05) is 6.07 Å². The summed E-state index contributed by atoms with van der Waals surface area (Å²) >= 11 is 1.75. The van der Waals surface area contributed by atoms with E-state index in [0.717, 1.165) is 22.6 Å². The Balaban J connectivity index is 1.58. The van der Waals surface area contributed by atoms with Gasteiger partial charge in [-0.2, -0.15) is 0 Å². The van der Waals surface area contributed by atoms with Crippen molar-refractivity contribution in [1.82, 2.24) is 0 Å². The van der Waals surface area contributed by atoms with Crippen LogP contribution in [0.5, 0.6) is 5.75 Å². The third-order valence-corrected chi connectivity index (χ3v) is 6.57. The molecular formula is C28H18OS. The molecule has 4 aromatic rings. The summed E-state index contributed by atoms with van der Waals surface area (Å²) in [5.41, 5.74) is 8.29. The van der Waals surface area contributed by atoms with Gasteiger partial charge in [-0.15, -0.1) is 0 Å². The maximum Gasteiger partial charge on any atom is 0.136 e. The summed E-state index contributed by atoms with van der Waals surface area (Å²) in [4.78, 5) is 1.26. The first kappa shape index (κ1) is 17.4. The third-order valence-electron chi connectivity index (χ3n) is 5.61. The molecule has 0 atom stereocenters. The molecule has 30 heavy (non-hydrogen) atoms. The molecule has 0 bridgehead atoms. The number of fused-ring (bicyclic) bond motifs is 6. The van der Waals surface area contributed by atoms with Crippen molar-refractivity contribution in [3.05, 3.63) is 119 Å². The van der Waals surface area contributed by atoms with E-state index in [0.29, 0.717) is 0 Å². The predicted octanol–water partition coefficient (Wildman–Crippen LogP) is 7.90. The lowest BCUT2D eigenvalue weighted by molar-refractivity contribution is 0.457. The molecule has 0 aromatic heterocycles. The number of thioether (sulfide) groups is 1. The summed E-state index contributed by atoms with van der Waals surface area (Å²) in [6.45, 7) is 0. The second kappa shape index (κ2) is 7.08. The molecule has 0 N–H and O–H groups in total. The summed E-state index contributed by atoms with van der Waals surface area (Å²) < 4.78 is 6.57. The molecule has 2 aliphatic heterocycles. The van der Waals surface area contributed by atoms with Gasteiger partial charge in [0.25, 0.3) is 0 Å². The van der Waals surface area contributed by atoms with Crippen LogP contribution in [-0.2, 0) is 0 Å². The quantitative estimate of drug-likeness (QED) is 0.320. The van der Waals surface area contributed by atoms with E-state index in [2.05, 4.69) is 102 Å². The van der Waals surface area contributed by atoms with Crippen LogP contribution in [0, 0.1) is 0 Å². The molecule has 0 saturated carbocycles. The van der Waals surface area contributed by atoms with Gasteiger partial charge in [-0.3, -0.25) is 0 Å². The monoisotopic (exact) mass is 402 g/mol. The molecule has 2 heteroatoms. The van der Waals surface area contributed by atoms with Gasteiger partial charge in [-0.05, 0) is 51.4 Å². The van der Waals surface area contributed by atoms with E-state index in [9.17, 15) is 0 Å². The molecule has 1 nitrogen and oxygen atoms in total. The van der Waals surface area contributed by atoms with E-state index in [1.54, 1.807) is 11.8 Å². The van der Waals surface area contributed by atoms with Crippen molar-refractivity contribution in [2.24, 2.45) is 0 Å². The van der Waals surface area contributed by atoms with E-state index in [1.165, 1.54) is 32.7 Å². The number of hydrogen-bond donors (Lipinski definition) is 0. The van der Waals surface area contributed by atoms with Gasteiger partial charge in [0.05, 0.1) is 0 Å². The van der Waals surface area contributed by atoms with Crippen molar-refractivity contribution in [3.63, 3.8) is 0 Å². The van der Waals surface area contributed by atoms with Crippen LogP contribution in [-0.4, -0.2) is 0 Å². The molecule has 4 aromatic carbocycles. The molecule has 0 aliphatic carbocycles. The zero-order valence-electron chi connectivity index (χ0n) is 16.2. The van der Waals surface area contributed by atoms with Crippen molar-refractivity contribution in [2.75, 3.05) is 0 Å². The van der Waals surface area contributed by atoms with E-state index < -0.39 is 0 Å². The first-order chi connectivity index (χ1) is 14.9. The second-order valence-corrected chi connectivity index (χ2v) is 8.30. The third kappa shape index (κ3) is 2.80. The zero-order valence-corrected chi connectivity index (χ0v) is 17.0. The molecule has 0 unspecified atom stereocenters. The first-order valence-electron chi connectivity index (χ1n) is 10.0.